The highest BCUT2D eigenvalue weighted by atomic mass is 32.1. The van der Waals surface area contributed by atoms with E-state index in [2.05, 4.69) is 57.0 Å². The van der Waals surface area contributed by atoms with Gasteiger partial charge in [0.25, 0.3) is 11.7 Å². The number of piperidine rings is 1. The summed E-state index contributed by atoms with van der Waals surface area (Å²) in [7, 11) is 0. The summed E-state index contributed by atoms with van der Waals surface area (Å²) in [6.07, 6.45) is 4.98. The topological polar surface area (TPSA) is 88.3 Å². The number of hydrogen-bond acceptors (Lipinski definition) is 7. The van der Waals surface area contributed by atoms with E-state index >= 15 is 0 Å². The van der Waals surface area contributed by atoms with Gasteiger partial charge in [-0.25, -0.2) is 14.5 Å². The molecule has 1 N–H and O–H groups in total. The van der Waals surface area contributed by atoms with E-state index in [0.717, 1.165) is 30.2 Å². The van der Waals surface area contributed by atoms with Crippen LogP contribution in [0, 0.1) is 0 Å². The molecule has 1 fully saturated rings. The number of carbonyl (C=O) groups is 1. The zero-order valence-corrected chi connectivity index (χ0v) is 18.0. The van der Waals surface area contributed by atoms with E-state index in [-0.39, 0.29) is 17.1 Å². The van der Waals surface area contributed by atoms with Crippen molar-refractivity contribution < 1.29 is 4.79 Å². The van der Waals surface area contributed by atoms with E-state index in [0.29, 0.717) is 18.9 Å². The lowest BCUT2D eigenvalue weighted by molar-refractivity contribution is 0.0672. The second kappa shape index (κ2) is 8.07. The molecule has 0 spiro atoms. The molecule has 1 aliphatic rings. The first-order valence-electron chi connectivity index (χ1n) is 10.4. The van der Waals surface area contributed by atoms with Crippen LogP contribution >= 0.6 is 11.3 Å². The molecule has 0 aliphatic carbocycles. The molecule has 3 aromatic heterocycles. The molecule has 1 aliphatic heterocycles. The molecular weight excluding hydrogens is 410 g/mol. The summed E-state index contributed by atoms with van der Waals surface area (Å²) in [4.78, 5) is 28.3. The Morgan fingerprint density at radius 3 is 2.71 bits per heavy atom. The molecule has 0 bridgehead atoms. The Bertz CT molecular complexity index is 1160. The third kappa shape index (κ3) is 3.54. The summed E-state index contributed by atoms with van der Waals surface area (Å²) in [5, 5.41) is 10.7. The number of aromatic nitrogens is 5. The maximum atomic E-state index is 13.1. The van der Waals surface area contributed by atoms with E-state index in [1.807, 2.05) is 11.0 Å². The lowest BCUT2D eigenvalue weighted by atomic mass is 9.70. The van der Waals surface area contributed by atoms with Gasteiger partial charge in [-0.3, -0.25) is 4.79 Å². The Labute approximate surface area is 184 Å². The fraction of sp³-hybridized carbons (Fsp3) is 0.318. The Morgan fingerprint density at radius 2 is 1.97 bits per heavy atom. The van der Waals surface area contributed by atoms with Gasteiger partial charge >= 0.3 is 0 Å². The van der Waals surface area contributed by atoms with Crippen LogP contribution in [0.15, 0.2) is 54.2 Å². The first-order chi connectivity index (χ1) is 15.2. The minimum atomic E-state index is -0.212. The van der Waals surface area contributed by atoms with Crippen LogP contribution < -0.4 is 5.32 Å². The highest BCUT2D eigenvalue weighted by Gasteiger charge is 2.41. The van der Waals surface area contributed by atoms with E-state index in [1.165, 1.54) is 10.1 Å². The van der Waals surface area contributed by atoms with Gasteiger partial charge in [0.05, 0.1) is 5.69 Å². The van der Waals surface area contributed by atoms with Crippen molar-refractivity contribution in [3.05, 3.63) is 71.3 Å². The van der Waals surface area contributed by atoms with Crippen LogP contribution in [0.3, 0.4) is 0 Å². The van der Waals surface area contributed by atoms with Crippen molar-refractivity contribution in [2.45, 2.75) is 25.2 Å². The number of anilines is 1. The lowest BCUT2D eigenvalue weighted by Crippen LogP contribution is -2.46. The molecule has 0 unspecified atom stereocenters. The maximum absolute atomic E-state index is 13.1. The Balaban J connectivity index is 1.41. The summed E-state index contributed by atoms with van der Waals surface area (Å²) in [5.74, 6) is 0.465. The molecule has 9 heteroatoms. The summed E-state index contributed by atoms with van der Waals surface area (Å²) >= 11 is 1.63. The van der Waals surface area contributed by atoms with Crippen molar-refractivity contribution in [3.63, 3.8) is 0 Å². The fourth-order valence-electron chi connectivity index (χ4n) is 4.23. The number of thiazole rings is 1. The van der Waals surface area contributed by atoms with Gasteiger partial charge < -0.3 is 10.2 Å². The van der Waals surface area contributed by atoms with Crippen LogP contribution in [0.1, 0.15) is 41.6 Å². The normalized spacial score (nSPS) is 15.8. The van der Waals surface area contributed by atoms with Gasteiger partial charge in [-0.2, -0.15) is 4.98 Å². The smallest absolute Gasteiger partial charge is 0.293 e. The summed E-state index contributed by atoms with van der Waals surface area (Å²) in [6.45, 7) is 4.14. The third-order valence-corrected chi connectivity index (χ3v) is 6.66. The van der Waals surface area contributed by atoms with Crippen molar-refractivity contribution in [1.29, 1.82) is 0 Å². The van der Waals surface area contributed by atoms with E-state index < -0.39 is 0 Å². The second-order valence-electron chi connectivity index (χ2n) is 7.61. The minimum Gasteiger partial charge on any atom is -0.362 e. The number of hydrogen-bond donors (Lipinski definition) is 1. The molecule has 31 heavy (non-hydrogen) atoms. The zero-order chi connectivity index (χ0) is 21.3. The minimum absolute atomic E-state index is 0.154. The molecule has 5 rings (SSSR count). The summed E-state index contributed by atoms with van der Waals surface area (Å²) in [5.41, 5.74) is 2.10. The molecule has 158 valence electrons. The SMILES string of the molecule is CCNc1nc(C2(c3ccccc3)CCN(C(=O)c3nc4ncccn4n3)CC2)cs1. The van der Waals surface area contributed by atoms with Gasteiger partial charge in [0.2, 0.25) is 5.82 Å². The molecule has 0 radical (unpaired) electrons. The lowest BCUT2D eigenvalue weighted by Gasteiger charge is -2.41. The van der Waals surface area contributed by atoms with Crippen molar-refractivity contribution in [2.24, 2.45) is 0 Å². The van der Waals surface area contributed by atoms with Crippen molar-refractivity contribution >= 4 is 28.2 Å². The Kier molecular flexibility index (Phi) is 5.11. The highest BCUT2D eigenvalue weighted by Crippen LogP contribution is 2.42. The molecule has 8 nitrogen and oxygen atoms in total. The third-order valence-electron chi connectivity index (χ3n) is 5.86. The molecule has 4 heterocycles. The number of likely N-dealkylation sites (tertiary alicyclic amines) is 1. The molecule has 1 amide bonds. The van der Waals surface area contributed by atoms with Crippen LogP contribution in [-0.2, 0) is 5.41 Å². The average Bonchev–Trinajstić information content (AvgIpc) is 3.47. The van der Waals surface area contributed by atoms with Gasteiger partial charge in [0, 0.05) is 42.8 Å². The first-order valence-corrected chi connectivity index (χ1v) is 11.3. The Hall–Kier alpha value is -3.33. The number of amides is 1. The van der Waals surface area contributed by atoms with Gasteiger partial charge in [-0.15, -0.1) is 16.4 Å². The maximum Gasteiger partial charge on any atom is 0.293 e. The molecule has 0 saturated carbocycles. The summed E-state index contributed by atoms with van der Waals surface area (Å²) in [6, 6.07) is 12.3. The predicted molar refractivity (Wildman–Crippen MR) is 119 cm³/mol. The van der Waals surface area contributed by atoms with Gasteiger partial charge in [0.1, 0.15) is 0 Å². The molecular formula is C22H23N7OS. The van der Waals surface area contributed by atoms with Crippen molar-refractivity contribution in [3.8, 4) is 0 Å². The van der Waals surface area contributed by atoms with Crippen LogP contribution in [0.25, 0.3) is 5.78 Å². The Morgan fingerprint density at radius 1 is 1.16 bits per heavy atom. The molecule has 1 aromatic carbocycles. The number of benzene rings is 1. The first kappa shape index (κ1) is 19.6. The van der Waals surface area contributed by atoms with Crippen LogP contribution in [0.2, 0.25) is 0 Å². The standard InChI is InChI=1S/C22H23N7OS/c1-2-23-21-25-17(15-31-21)22(16-7-4-3-5-8-16)9-13-28(14-10-22)19(30)18-26-20-24-11-6-12-29(20)27-18/h3-8,11-12,15H,2,9-10,13-14H2,1H3,(H,23,25). The van der Waals surface area contributed by atoms with E-state index in [4.69, 9.17) is 4.98 Å². The monoisotopic (exact) mass is 433 g/mol. The number of carbonyl (C=O) groups excluding carboxylic acids is 1. The highest BCUT2D eigenvalue weighted by molar-refractivity contribution is 7.13. The van der Waals surface area contributed by atoms with Gasteiger partial charge in [-0.05, 0) is 31.4 Å². The molecule has 4 aromatic rings. The molecule has 1 saturated heterocycles. The number of fused-ring (bicyclic) bond motifs is 1. The summed E-state index contributed by atoms with van der Waals surface area (Å²) < 4.78 is 1.53. The van der Waals surface area contributed by atoms with E-state index in [1.54, 1.807) is 29.8 Å². The van der Waals surface area contributed by atoms with Gasteiger partial charge in [-0.1, -0.05) is 30.3 Å². The predicted octanol–water partition coefficient (Wildman–Crippen LogP) is 3.23. The number of nitrogens with one attached hydrogen (secondary N) is 1. The number of rotatable bonds is 5. The molecule has 0 atom stereocenters. The van der Waals surface area contributed by atoms with Crippen LogP contribution in [0.5, 0.6) is 0 Å². The van der Waals surface area contributed by atoms with Gasteiger partial charge in [0.15, 0.2) is 5.13 Å². The van der Waals surface area contributed by atoms with Crippen molar-refractivity contribution in [1.82, 2.24) is 29.5 Å². The van der Waals surface area contributed by atoms with Crippen LogP contribution in [0.4, 0.5) is 5.13 Å². The van der Waals surface area contributed by atoms with Crippen LogP contribution in [-0.4, -0.2) is 55.0 Å². The second-order valence-corrected chi connectivity index (χ2v) is 8.47. The van der Waals surface area contributed by atoms with Crippen molar-refractivity contribution in [2.75, 3.05) is 25.0 Å². The quantitative estimate of drug-likeness (QED) is 0.520. The average molecular weight is 434 g/mol. The zero-order valence-electron chi connectivity index (χ0n) is 17.2. The fourth-order valence-corrected chi connectivity index (χ4v) is 5.11. The van der Waals surface area contributed by atoms with E-state index in [9.17, 15) is 4.79 Å². The number of nitrogens with zero attached hydrogens (tertiary/aromatic N) is 6. The largest absolute Gasteiger partial charge is 0.362 e.